The summed E-state index contributed by atoms with van der Waals surface area (Å²) in [6.07, 6.45) is 1.69. The Bertz CT molecular complexity index is 669. The van der Waals surface area contributed by atoms with Crippen molar-refractivity contribution in [2.75, 3.05) is 19.6 Å². The van der Waals surface area contributed by atoms with Crippen molar-refractivity contribution in [3.63, 3.8) is 0 Å². The molecule has 1 aromatic rings. The molecule has 6 nitrogen and oxygen atoms in total. The highest BCUT2D eigenvalue weighted by Crippen LogP contribution is 2.22. The predicted octanol–water partition coefficient (Wildman–Crippen LogP) is 1.17. The third kappa shape index (κ3) is 3.71. The van der Waals surface area contributed by atoms with E-state index in [4.69, 9.17) is 0 Å². The van der Waals surface area contributed by atoms with Crippen molar-refractivity contribution >= 4 is 17.7 Å². The second kappa shape index (κ2) is 7.31. The second-order valence-corrected chi connectivity index (χ2v) is 6.49. The molecular weight excluding hydrogens is 325 g/mol. The minimum atomic E-state index is -0.373. The van der Waals surface area contributed by atoms with Gasteiger partial charge in [0.25, 0.3) is 5.91 Å². The van der Waals surface area contributed by atoms with E-state index in [-0.39, 0.29) is 42.0 Å². The molecule has 0 aliphatic carbocycles. The smallest absolute Gasteiger partial charge is 0.251 e. The van der Waals surface area contributed by atoms with E-state index in [0.29, 0.717) is 25.2 Å². The number of carbonyl (C=O) groups is 3. The molecule has 1 atom stereocenters. The maximum atomic E-state index is 12.9. The monoisotopic (exact) mass is 347 g/mol. The lowest BCUT2D eigenvalue weighted by atomic mass is 10.0. The van der Waals surface area contributed by atoms with E-state index in [1.165, 1.54) is 29.2 Å². The van der Waals surface area contributed by atoms with Crippen LogP contribution in [0.1, 0.15) is 36.5 Å². The van der Waals surface area contributed by atoms with Crippen LogP contribution in [0.25, 0.3) is 0 Å². The van der Waals surface area contributed by atoms with E-state index in [9.17, 15) is 18.8 Å². The number of piperidine rings is 1. The zero-order valence-corrected chi connectivity index (χ0v) is 14.2. The molecule has 3 amide bonds. The van der Waals surface area contributed by atoms with E-state index in [2.05, 4.69) is 5.32 Å². The Morgan fingerprint density at radius 3 is 2.40 bits per heavy atom. The summed E-state index contributed by atoms with van der Waals surface area (Å²) in [6.45, 7) is 3.54. The zero-order valence-electron chi connectivity index (χ0n) is 14.2. The van der Waals surface area contributed by atoms with Gasteiger partial charge in [0.2, 0.25) is 11.8 Å². The van der Waals surface area contributed by atoms with Crippen molar-refractivity contribution in [2.24, 2.45) is 0 Å². The lowest BCUT2D eigenvalue weighted by Crippen LogP contribution is -2.50. The van der Waals surface area contributed by atoms with Crippen LogP contribution in [0, 0.1) is 5.82 Å². The molecule has 0 spiro atoms. The Hall–Kier alpha value is -2.28. The van der Waals surface area contributed by atoms with Gasteiger partial charge in [0.1, 0.15) is 5.82 Å². The zero-order chi connectivity index (χ0) is 18.0. The topological polar surface area (TPSA) is 69.7 Å². The maximum Gasteiger partial charge on any atom is 0.251 e. The number of hydrogen-bond acceptors (Lipinski definition) is 4. The van der Waals surface area contributed by atoms with Gasteiger partial charge in [-0.1, -0.05) is 0 Å². The third-order valence-electron chi connectivity index (χ3n) is 4.95. The van der Waals surface area contributed by atoms with Crippen LogP contribution in [0.4, 0.5) is 4.39 Å². The summed E-state index contributed by atoms with van der Waals surface area (Å²) >= 11 is 0. The number of nitrogens with zero attached hydrogens (tertiary/aromatic N) is 2. The van der Waals surface area contributed by atoms with Crippen molar-refractivity contribution in [2.45, 2.75) is 38.3 Å². The maximum absolute atomic E-state index is 12.9. The third-order valence-corrected chi connectivity index (χ3v) is 4.95. The standard InChI is InChI=1S/C18H22FN3O3/c1-2-22-16(23)11-15(18(22)25)21-9-7-14(8-10-21)20-17(24)12-3-5-13(19)6-4-12/h3-6,14-15H,2,7-11H2,1H3,(H,20,24)/t15-/m1/s1. The van der Waals surface area contributed by atoms with Crippen LogP contribution in [-0.2, 0) is 9.59 Å². The quantitative estimate of drug-likeness (QED) is 0.830. The first-order valence-electron chi connectivity index (χ1n) is 8.64. The molecule has 1 N–H and O–H groups in total. The van der Waals surface area contributed by atoms with Crippen molar-refractivity contribution in [3.8, 4) is 0 Å². The SMILES string of the molecule is CCN1C(=O)C[C@@H](N2CCC(NC(=O)c3ccc(F)cc3)CC2)C1=O. The van der Waals surface area contributed by atoms with E-state index < -0.39 is 0 Å². The molecule has 0 unspecified atom stereocenters. The highest BCUT2D eigenvalue weighted by Gasteiger charge is 2.41. The molecule has 2 saturated heterocycles. The number of likely N-dealkylation sites (N-methyl/N-ethyl adjacent to an activating group) is 1. The van der Waals surface area contributed by atoms with Crippen molar-refractivity contribution in [3.05, 3.63) is 35.6 Å². The van der Waals surface area contributed by atoms with Gasteiger partial charge in [0.15, 0.2) is 0 Å². The number of benzene rings is 1. The molecule has 134 valence electrons. The minimum absolute atomic E-state index is 0.0169. The Kier molecular flexibility index (Phi) is 5.13. The number of amides is 3. The van der Waals surface area contributed by atoms with Crippen molar-refractivity contribution in [1.29, 1.82) is 0 Å². The number of imide groups is 1. The van der Waals surface area contributed by atoms with Crippen LogP contribution in [-0.4, -0.2) is 59.2 Å². The lowest BCUT2D eigenvalue weighted by molar-refractivity contribution is -0.139. The number of hydrogen-bond donors (Lipinski definition) is 1. The fourth-order valence-electron chi connectivity index (χ4n) is 3.51. The molecular formula is C18H22FN3O3. The first-order chi connectivity index (χ1) is 12.0. The predicted molar refractivity (Wildman–Crippen MR) is 89.3 cm³/mol. The van der Waals surface area contributed by atoms with Crippen LogP contribution >= 0.6 is 0 Å². The molecule has 2 fully saturated rings. The molecule has 1 aromatic carbocycles. The normalized spacial score (nSPS) is 22.5. The van der Waals surface area contributed by atoms with E-state index in [0.717, 1.165) is 12.8 Å². The van der Waals surface area contributed by atoms with Gasteiger partial charge < -0.3 is 5.32 Å². The summed E-state index contributed by atoms with van der Waals surface area (Å²) in [5.41, 5.74) is 0.430. The lowest BCUT2D eigenvalue weighted by Gasteiger charge is -2.35. The summed E-state index contributed by atoms with van der Waals surface area (Å²) < 4.78 is 12.9. The molecule has 0 aromatic heterocycles. The Labute approximate surface area is 146 Å². The average Bonchev–Trinajstić information content (AvgIpc) is 2.90. The first kappa shape index (κ1) is 17.5. The van der Waals surface area contributed by atoms with Gasteiger partial charge in [0, 0.05) is 31.2 Å². The molecule has 2 heterocycles. The van der Waals surface area contributed by atoms with Gasteiger partial charge in [-0.15, -0.1) is 0 Å². The van der Waals surface area contributed by atoms with Crippen LogP contribution in [0.3, 0.4) is 0 Å². The van der Waals surface area contributed by atoms with Gasteiger partial charge >= 0.3 is 0 Å². The molecule has 7 heteroatoms. The van der Waals surface area contributed by atoms with Crippen LogP contribution in [0.5, 0.6) is 0 Å². The summed E-state index contributed by atoms with van der Waals surface area (Å²) in [5.74, 6) is -0.810. The Morgan fingerprint density at radius 1 is 1.20 bits per heavy atom. The van der Waals surface area contributed by atoms with E-state index in [1.807, 2.05) is 4.90 Å². The van der Waals surface area contributed by atoms with Gasteiger partial charge in [-0.2, -0.15) is 0 Å². The van der Waals surface area contributed by atoms with Crippen molar-refractivity contribution < 1.29 is 18.8 Å². The number of nitrogens with one attached hydrogen (secondary N) is 1. The minimum Gasteiger partial charge on any atom is -0.349 e. The number of likely N-dealkylation sites (tertiary alicyclic amines) is 2. The first-order valence-corrected chi connectivity index (χ1v) is 8.64. The number of halogens is 1. The summed E-state index contributed by atoms with van der Waals surface area (Å²) in [4.78, 5) is 39.7. The molecule has 0 saturated carbocycles. The van der Waals surface area contributed by atoms with Crippen LogP contribution in [0.2, 0.25) is 0 Å². The average molecular weight is 347 g/mol. The van der Waals surface area contributed by atoms with E-state index in [1.54, 1.807) is 6.92 Å². The van der Waals surface area contributed by atoms with Gasteiger partial charge in [-0.25, -0.2) is 4.39 Å². The Morgan fingerprint density at radius 2 is 1.84 bits per heavy atom. The van der Waals surface area contributed by atoms with Gasteiger partial charge in [-0.05, 0) is 44.0 Å². The molecule has 3 rings (SSSR count). The fourth-order valence-corrected chi connectivity index (χ4v) is 3.51. The summed E-state index contributed by atoms with van der Waals surface area (Å²) in [7, 11) is 0. The number of carbonyl (C=O) groups excluding carboxylic acids is 3. The highest BCUT2D eigenvalue weighted by atomic mass is 19.1. The van der Waals surface area contributed by atoms with Crippen LogP contribution in [0.15, 0.2) is 24.3 Å². The molecule has 25 heavy (non-hydrogen) atoms. The van der Waals surface area contributed by atoms with Gasteiger partial charge in [-0.3, -0.25) is 24.2 Å². The van der Waals surface area contributed by atoms with E-state index >= 15 is 0 Å². The molecule has 0 bridgehead atoms. The van der Waals surface area contributed by atoms with Gasteiger partial charge in [0.05, 0.1) is 12.5 Å². The summed E-state index contributed by atoms with van der Waals surface area (Å²) in [5, 5.41) is 2.96. The number of rotatable bonds is 4. The summed E-state index contributed by atoms with van der Waals surface area (Å²) in [6, 6.07) is 5.10. The molecule has 0 radical (unpaired) electrons. The molecule has 2 aliphatic rings. The largest absolute Gasteiger partial charge is 0.349 e. The fraction of sp³-hybridized carbons (Fsp3) is 0.500. The van der Waals surface area contributed by atoms with Crippen LogP contribution < -0.4 is 5.32 Å². The van der Waals surface area contributed by atoms with Crippen molar-refractivity contribution in [1.82, 2.24) is 15.1 Å². The highest BCUT2D eigenvalue weighted by molar-refractivity contribution is 6.05. The Balaban J connectivity index is 1.52. The molecule has 2 aliphatic heterocycles. The second-order valence-electron chi connectivity index (χ2n) is 6.49.